The van der Waals surface area contributed by atoms with Crippen LogP contribution in [-0.4, -0.2) is 25.9 Å². The van der Waals surface area contributed by atoms with Crippen LogP contribution in [0, 0.1) is 10.1 Å². The van der Waals surface area contributed by atoms with Crippen molar-refractivity contribution in [3.05, 3.63) is 119 Å². The Morgan fingerprint density at radius 1 is 0.875 bits per heavy atom. The van der Waals surface area contributed by atoms with Gasteiger partial charge in [0.1, 0.15) is 5.82 Å². The zero-order chi connectivity index (χ0) is 27.6. The SMILES string of the molecule is O=C(c1ccc(Nc2nc(-c3ccccc3)nc3ccccc23)cc1)[n+]1nc([S-])sc1-c1cccc([N+](=O)[O-])c1. The lowest BCUT2D eigenvalue weighted by Gasteiger charge is -2.11. The number of nitrogens with one attached hydrogen (secondary N) is 1. The van der Waals surface area contributed by atoms with Crippen molar-refractivity contribution in [3.63, 3.8) is 0 Å². The number of carbonyl (C=O) groups is 1. The number of para-hydroxylation sites is 1. The maximum atomic E-state index is 13.4. The van der Waals surface area contributed by atoms with E-state index in [9.17, 15) is 14.9 Å². The molecule has 9 nitrogen and oxygen atoms in total. The number of anilines is 2. The predicted octanol–water partition coefficient (Wildman–Crippen LogP) is 5.95. The number of rotatable bonds is 6. The molecule has 0 atom stereocenters. The van der Waals surface area contributed by atoms with Crippen LogP contribution in [0.5, 0.6) is 0 Å². The molecule has 1 N–H and O–H groups in total. The Hall–Kier alpha value is -5.13. The maximum Gasteiger partial charge on any atom is 0.449 e. The van der Waals surface area contributed by atoms with Gasteiger partial charge < -0.3 is 17.9 Å². The standard InChI is InChI=1S/C29H18N6O3S2/c36-27(34-28(40-29(39)33-34)20-9-6-10-22(17-20)35(37)38)19-13-15-21(16-14-19)30-26-23-11-4-5-12-24(23)31-25(32-26)18-7-2-1-3-8-18/h1-17H,(H-,30,31,32,33,36,39). The van der Waals surface area contributed by atoms with Crippen molar-refractivity contribution in [1.82, 2.24) is 15.1 Å². The van der Waals surface area contributed by atoms with Crippen LogP contribution in [0.25, 0.3) is 32.9 Å². The second-order valence-electron chi connectivity index (χ2n) is 8.68. The molecule has 11 heteroatoms. The molecule has 0 aliphatic rings. The number of nitrogens with zero attached hydrogens (tertiary/aromatic N) is 5. The van der Waals surface area contributed by atoms with E-state index in [0.29, 0.717) is 27.8 Å². The topological polar surface area (TPSA) is 115 Å². The molecular weight excluding hydrogens is 544 g/mol. The van der Waals surface area contributed by atoms with Gasteiger partial charge in [-0.2, -0.15) is 0 Å². The minimum atomic E-state index is -0.485. The molecule has 194 valence electrons. The van der Waals surface area contributed by atoms with Crippen molar-refractivity contribution in [2.24, 2.45) is 0 Å². The lowest BCUT2D eigenvalue weighted by atomic mass is 10.1. The highest BCUT2D eigenvalue weighted by Crippen LogP contribution is 2.28. The number of hydrogen-bond donors (Lipinski definition) is 1. The number of carbonyl (C=O) groups excluding carboxylic acids is 1. The number of non-ortho nitro benzene ring substituents is 1. The van der Waals surface area contributed by atoms with Crippen molar-refractivity contribution in [2.45, 2.75) is 4.34 Å². The molecule has 40 heavy (non-hydrogen) atoms. The highest BCUT2D eigenvalue weighted by atomic mass is 32.2. The fourth-order valence-corrected chi connectivity index (χ4v) is 5.25. The van der Waals surface area contributed by atoms with Gasteiger partial charge in [-0.25, -0.2) is 14.8 Å². The average Bonchev–Trinajstić information content (AvgIpc) is 3.39. The summed E-state index contributed by atoms with van der Waals surface area (Å²) in [5.41, 5.74) is 3.21. The number of aromatic nitrogens is 4. The van der Waals surface area contributed by atoms with Gasteiger partial charge in [-0.15, -0.1) is 0 Å². The van der Waals surface area contributed by atoms with Crippen LogP contribution < -0.4 is 10.00 Å². The summed E-state index contributed by atoms with van der Waals surface area (Å²) in [4.78, 5) is 33.7. The Kier molecular flexibility index (Phi) is 6.64. The molecule has 0 saturated heterocycles. The largest absolute Gasteiger partial charge is 0.449 e. The average molecular weight is 563 g/mol. The first-order chi connectivity index (χ1) is 19.5. The van der Waals surface area contributed by atoms with Crippen LogP contribution in [0.15, 0.2) is 107 Å². The summed E-state index contributed by atoms with van der Waals surface area (Å²) in [6.07, 6.45) is 0. The van der Waals surface area contributed by atoms with E-state index < -0.39 is 10.8 Å². The Labute approximate surface area is 237 Å². The van der Waals surface area contributed by atoms with E-state index >= 15 is 0 Å². The highest BCUT2D eigenvalue weighted by Gasteiger charge is 2.26. The number of nitro groups is 1. The third kappa shape index (κ3) is 4.98. The smallest absolute Gasteiger partial charge is 0.402 e. The third-order valence-electron chi connectivity index (χ3n) is 6.08. The molecule has 0 aliphatic carbocycles. The van der Waals surface area contributed by atoms with Gasteiger partial charge in [0.05, 0.1) is 16.0 Å². The van der Waals surface area contributed by atoms with Crippen LogP contribution in [0.2, 0.25) is 0 Å². The Morgan fingerprint density at radius 2 is 1.60 bits per heavy atom. The minimum Gasteiger partial charge on any atom is -0.402 e. The van der Waals surface area contributed by atoms with Crippen molar-refractivity contribution < 1.29 is 14.4 Å². The molecule has 0 amide bonds. The lowest BCUT2D eigenvalue weighted by Crippen LogP contribution is -2.46. The first kappa shape index (κ1) is 25.2. The van der Waals surface area contributed by atoms with E-state index in [4.69, 9.17) is 22.6 Å². The molecule has 0 aliphatic heterocycles. The zero-order valence-electron chi connectivity index (χ0n) is 20.6. The number of benzene rings is 4. The normalized spacial score (nSPS) is 10.9. The lowest BCUT2D eigenvalue weighted by molar-refractivity contribution is -0.621. The van der Waals surface area contributed by atoms with Gasteiger partial charge in [0.2, 0.25) is 5.01 Å². The first-order valence-electron chi connectivity index (χ1n) is 12.1. The monoisotopic (exact) mass is 562 g/mol. The second kappa shape index (κ2) is 10.6. The molecule has 0 bridgehead atoms. The molecule has 0 radical (unpaired) electrons. The highest BCUT2D eigenvalue weighted by molar-refractivity contribution is 7.62. The molecule has 0 fully saturated rings. The van der Waals surface area contributed by atoms with Crippen molar-refractivity contribution in [1.29, 1.82) is 0 Å². The molecular formula is C29H18N6O3S2. The Bertz CT molecular complexity index is 1890. The molecule has 6 rings (SSSR count). The van der Waals surface area contributed by atoms with Gasteiger partial charge in [0.25, 0.3) is 5.69 Å². The Morgan fingerprint density at radius 3 is 2.38 bits per heavy atom. The van der Waals surface area contributed by atoms with Crippen molar-refractivity contribution >= 4 is 58.0 Å². The number of hydrogen-bond acceptors (Lipinski definition) is 9. The summed E-state index contributed by atoms with van der Waals surface area (Å²) in [5.74, 6) is 0.835. The molecule has 0 saturated carbocycles. The molecule has 6 aromatic rings. The molecule has 0 unspecified atom stereocenters. The molecule has 4 aromatic carbocycles. The van der Waals surface area contributed by atoms with E-state index in [1.165, 1.54) is 16.8 Å². The zero-order valence-corrected chi connectivity index (χ0v) is 22.2. The van der Waals surface area contributed by atoms with E-state index in [1.54, 1.807) is 36.4 Å². The summed E-state index contributed by atoms with van der Waals surface area (Å²) >= 11 is 6.34. The van der Waals surface area contributed by atoms with Crippen LogP contribution in [0.3, 0.4) is 0 Å². The van der Waals surface area contributed by atoms with Crippen molar-refractivity contribution in [2.75, 3.05) is 5.32 Å². The summed E-state index contributed by atoms with van der Waals surface area (Å²) in [6.45, 7) is 0. The summed E-state index contributed by atoms with van der Waals surface area (Å²) in [6, 6.07) is 30.4. The van der Waals surface area contributed by atoms with Gasteiger partial charge in [0, 0.05) is 38.7 Å². The predicted molar refractivity (Wildman–Crippen MR) is 154 cm³/mol. The van der Waals surface area contributed by atoms with E-state index in [-0.39, 0.29) is 10.0 Å². The van der Waals surface area contributed by atoms with E-state index in [2.05, 4.69) is 10.4 Å². The fraction of sp³-hybridized carbons (Fsp3) is 0. The van der Waals surface area contributed by atoms with Crippen LogP contribution in [0.4, 0.5) is 17.2 Å². The van der Waals surface area contributed by atoms with Crippen LogP contribution in [-0.2, 0) is 12.6 Å². The third-order valence-corrected chi connectivity index (χ3v) is 7.27. The maximum absolute atomic E-state index is 13.4. The molecule has 2 aromatic heterocycles. The molecule has 0 spiro atoms. The number of fused-ring (bicyclic) bond motifs is 1. The number of nitro benzene ring substituents is 1. The van der Waals surface area contributed by atoms with E-state index in [0.717, 1.165) is 33.5 Å². The van der Waals surface area contributed by atoms with Gasteiger partial charge >= 0.3 is 5.91 Å². The van der Waals surface area contributed by atoms with E-state index in [1.807, 2.05) is 54.6 Å². The van der Waals surface area contributed by atoms with Crippen molar-refractivity contribution in [3.8, 4) is 22.0 Å². The summed E-state index contributed by atoms with van der Waals surface area (Å²) in [7, 11) is 0. The second-order valence-corrected chi connectivity index (χ2v) is 10.3. The van der Waals surface area contributed by atoms with Gasteiger partial charge in [0.15, 0.2) is 5.82 Å². The fourth-order valence-electron chi connectivity index (χ4n) is 4.19. The summed E-state index contributed by atoms with van der Waals surface area (Å²) < 4.78 is 1.44. The minimum absolute atomic E-state index is 0.0843. The summed E-state index contributed by atoms with van der Waals surface area (Å²) in [5, 5.41) is 20.1. The first-order valence-corrected chi connectivity index (χ1v) is 13.3. The molecule has 2 heterocycles. The van der Waals surface area contributed by atoms with Gasteiger partial charge in [-0.3, -0.25) is 21.5 Å². The van der Waals surface area contributed by atoms with Gasteiger partial charge in [-0.1, -0.05) is 48.5 Å². The Balaban J connectivity index is 1.31. The van der Waals surface area contributed by atoms with Crippen LogP contribution >= 0.6 is 11.3 Å². The quantitative estimate of drug-likeness (QED) is 0.115. The van der Waals surface area contributed by atoms with Crippen LogP contribution in [0.1, 0.15) is 10.4 Å². The van der Waals surface area contributed by atoms with Gasteiger partial charge in [-0.05, 0) is 52.2 Å².